The number of benzene rings is 1. The topological polar surface area (TPSA) is 29.9 Å². The average molecular weight is 285 g/mol. The maximum Gasteiger partial charge on any atom is 0.110 e. The SMILES string of the molecule is CCCn1c(CC2CCC(NC)C2C)nc2ccccc21. The third-order valence-corrected chi connectivity index (χ3v) is 5.22. The first kappa shape index (κ1) is 14.6. The zero-order chi connectivity index (χ0) is 14.8. The fourth-order valence-electron chi connectivity index (χ4n) is 3.93. The van der Waals surface area contributed by atoms with Crippen LogP contribution in [0.1, 0.15) is 38.9 Å². The standard InChI is InChI=1S/C18H27N3/c1-4-11-21-17-8-6-5-7-16(17)20-18(21)12-14-9-10-15(19-3)13(14)2/h5-8,13-15,19H,4,9-12H2,1-3H3. The number of fused-ring (bicyclic) bond motifs is 1. The van der Waals surface area contributed by atoms with Gasteiger partial charge in [-0.05, 0) is 50.3 Å². The third kappa shape index (κ3) is 2.71. The maximum atomic E-state index is 4.92. The van der Waals surface area contributed by atoms with E-state index in [-0.39, 0.29) is 0 Å². The van der Waals surface area contributed by atoms with Crippen molar-refractivity contribution in [3.8, 4) is 0 Å². The van der Waals surface area contributed by atoms with E-state index in [1.54, 1.807) is 0 Å². The summed E-state index contributed by atoms with van der Waals surface area (Å²) in [6, 6.07) is 9.23. The molecular formula is C18H27N3. The predicted molar refractivity (Wildman–Crippen MR) is 88.5 cm³/mol. The highest BCUT2D eigenvalue weighted by atomic mass is 15.1. The van der Waals surface area contributed by atoms with Gasteiger partial charge < -0.3 is 9.88 Å². The van der Waals surface area contributed by atoms with E-state index in [0.29, 0.717) is 6.04 Å². The fourth-order valence-corrected chi connectivity index (χ4v) is 3.93. The van der Waals surface area contributed by atoms with Crippen LogP contribution in [-0.4, -0.2) is 22.6 Å². The quantitative estimate of drug-likeness (QED) is 0.909. The smallest absolute Gasteiger partial charge is 0.110 e. The highest BCUT2D eigenvalue weighted by molar-refractivity contribution is 5.75. The van der Waals surface area contributed by atoms with Crippen LogP contribution < -0.4 is 5.32 Å². The van der Waals surface area contributed by atoms with Crippen LogP contribution in [0.25, 0.3) is 11.0 Å². The second-order valence-electron chi connectivity index (χ2n) is 6.46. The molecule has 0 spiro atoms. The summed E-state index contributed by atoms with van der Waals surface area (Å²) in [4.78, 5) is 4.92. The predicted octanol–water partition coefficient (Wildman–Crippen LogP) is 3.62. The number of aromatic nitrogens is 2. The lowest BCUT2D eigenvalue weighted by Gasteiger charge is -2.20. The van der Waals surface area contributed by atoms with Crippen molar-refractivity contribution in [2.24, 2.45) is 11.8 Å². The minimum absolute atomic E-state index is 0.680. The number of nitrogens with zero attached hydrogens (tertiary/aromatic N) is 2. The zero-order valence-corrected chi connectivity index (χ0v) is 13.5. The number of rotatable bonds is 5. The first-order chi connectivity index (χ1) is 10.2. The van der Waals surface area contributed by atoms with Crippen molar-refractivity contribution >= 4 is 11.0 Å². The van der Waals surface area contributed by atoms with Gasteiger partial charge in [0.2, 0.25) is 0 Å². The molecule has 3 unspecified atom stereocenters. The van der Waals surface area contributed by atoms with Gasteiger partial charge in [0, 0.05) is 19.0 Å². The molecule has 3 heteroatoms. The molecule has 0 bridgehead atoms. The van der Waals surface area contributed by atoms with Gasteiger partial charge in [-0.15, -0.1) is 0 Å². The van der Waals surface area contributed by atoms with Crippen LogP contribution >= 0.6 is 0 Å². The molecule has 1 fully saturated rings. The largest absolute Gasteiger partial charge is 0.328 e. The monoisotopic (exact) mass is 285 g/mol. The second kappa shape index (κ2) is 6.18. The van der Waals surface area contributed by atoms with Gasteiger partial charge in [-0.2, -0.15) is 0 Å². The first-order valence-corrected chi connectivity index (χ1v) is 8.36. The summed E-state index contributed by atoms with van der Waals surface area (Å²) in [7, 11) is 2.09. The molecule has 0 amide bonds. The van der Waals surface area contributed by atoms with E-state index in [1.165, 1.54) is 24.2 Å². The van der Waals surface area contributed by atoms with Gasteiger partial charge in [0.05, 0.1) is 11.0 Å². The molecule has 1 aromatic heterocycles. The van der Waals surface area contributed by atoms with Crippen LogP contribution in [0.4, 0.5) is 0 Å². The van der Waals surface area contributed by atoms with Gasteiger partial charge in [0.1, 0.15) is 5.82 Å². The van der Waals surface area contributed by atoms with Crippen LogP contribution in [0.3, 0.4) is 0 Å². The summed E-state index contributed by atoms with van der Waals surface area (Å²) >= 11 is 0. The van der Waals surface area contributed by atoms with Gasteiger partial charge in [0.25, 0.3) is 0 Å². The first-order valence-electron chi connectivity index (χ1n) is 8.36. The van der Waals surface area contributed by atoms with Crippen LogP contribution in [0.15, 0.2) is 24.3 Å². The molecule has 0 radical (unpaired) electrons. The van der Waals surface area contributed by atoms with Gasteiger partial charge >= 0.3 is 0 Å². The number of nitrogens with one attached hydrogen (secondary N) is 1. The van der Waals surface area contributed by atoms with E-state index in [1.807, 2.05) is 0 Å². The van der Waals surface area contributed by atoms with E-state index in [9.17, 15) is 0 Å². The van der Waals surface area contributed by atoms with Gasteiger partial charge in [-0.1, -0.05) is 26.0 Å². The number of hydrogen-bond donors (Lipinski definition) is 1. The Morgan fingerprint density at radius 2 is 2.10 bits per heavy atom. The Labute approximate surface area is 127 Å². The van der Waals surface area contributed by atoms with Crippen LogP contribution in [0.5, 0.6) is 0 Å². The van der Waals surface area contributed by atoms with Gasteiger partial charge in [0.15, 0.2) is 0 Å². The molecule has 1 aliphatic rings. The maximum absolute atomic E-state index is 4.92. The molecule has 0 aliphatic heterocycles. The van der Waals surface area contributed by atoms with Crippen molar-refractivity contribution in [2.75, 3.05) is 7.05 Å². The normalized spacial score (nSPS) is 25.8. The lowest BCUT2D eigenvalue weighted by Crippen LogP contribution is -2.30. The molecule has 1 heterocycles. The van der Waals surface area contributed by atoms with Crippen molar-refractivity contribution < 1.29 is 0 Å². The summed E-state index contributed by atoms with van der Waals surface area (Å²) in [5.41, 5.74) is 2.45. The molecular weight excluding hydrogens is 258 g/mol. The van der Waals surface area contributed by atoms with Gasteiger partial charge in [-0.3, -0.25) is 0 Å². The minimum atomic E-state index is 0.680. The number of imidazole rings is 1. The fraction of sp³-hybridized carbons (Fsp3) is 0.611. The van der Waals surface area contributed by atoms with E-state index in [0.717, 1.165) is 36.7 Å². The van der Waals surface area contributed by atoms with Crippen molar-refractivity contribution in [3.63, 3.8) is 0 Å². The Morgan fingerprint density at radius 1 is 1.29 bits per heavy atom. The minimum Gasteiger partial charge on any atom is -0.328 e. The van der Waals surface area contributed by atoms with E-state index in [2.05, 4.69) is 55.0 Å². The highest BCUT2D eigenvalue weighted by Gasteiger charge is 2.32. The van der Waals surface area contributed by atoms with Crippen molar-refractivity contribution in [1.29, 1.82) is 0 Å². The van der Waals surface area contributed by atoms with E-state index in [4.69, 9.17) is 4.98 Å². The molecule has 3 rings (SSSR count). The Kier molecular flexibility index (Phi) is 4.29. The number of aryl methyl sites for hydroxylation is 1. The summed E-state index contributed by atoms with van der Waals surface area (Å²) in [6.07, 6.45) is 4.90. The molecule has 0 saturated heterocycles. The Morgan fingerprint density at radius 3 is 2.81 bits per heavy atom. The Bertz CT molecular complexity index is 602. The molecule has 3 atom stereocenters. The molecule has 3 nitrogen and oxygen atoms in total. The van der Waals surface area contributed by atoms with Gasteiger partial charge in [-0.25, -0.2) is 4.98 Å². The van der Waals surface area contributed by atoms with Crippen LogP contribution in [-0.2, 0) is 13.0 Å². The van der Waals surface area contributed by atoms with Crippen molar-refractivity contribution in [2.45, 2.75) is 52.1 Å². The average Bonchev–Trinajstić information content (AvgIpc) is 3.02. The van der Waals surface area contributed by atoms with Crippen LogP contribution in [0, 0.1) is 11.8 Å². The molecule has 1 N–H and O–H groups in total. The molecule has 1 aromatic carbocycles. The number of para-hydroxylation sites is 2. The van der Waals surface area contributed by atoms with E-state index < -0.39 is 0 Å². The van der Waals surface area contributed by atoms with E-state index >= 15 is 0 Å². The lowest BCUT2D eigenvalue weighted by molar-refractivity contribution is 0.356. The zero-order valence-electron chi connectivity index (χ0n) is 13.5. The molecule has 114 valence electrons. The van der Waals surface area contributed by atoms with Crippen molar-refractivity contribution in [1.82, 2.24) is 14.9 Å². The molecule has 1 aliphatic carbocycles. The lowest BCUT2D eigenvalue weighted by atomic mass is 9.92. The molecule has 2 aromatic rings. The summed E-state index contributed by atoms with van der Waals surface area (Å²) in [5, 5.41) is 3.47. The molecule has 1 saturated carbocycles. The molecule has 21 heavy (non-hydrogen) atoms. The Balaban J connectivity index is 1.88. The Hall–Kier alpha value is -1.35. The van der Waals surface area contributed by atoms with Crippen LogP contribution in [0.2, 0.25) is 0 Å². The summed E-state index contributed by atoms with van der Waals surface area (Å²) < 4.78 is 2.44. The highest BCUT2D eigenvalue weighted by Crippen LogP contribution is 2.34. The number of hydrogen-bond acceptors (Lipinski definition) is 2. The third-order valence-electron chi connectivity index (χ3n) is 5.22. The second-order valence-corrected chi connectivity index (χ2v) is 6.46. The van der Waals surface area contributed by atoms with Crippen molar-refractivity contribution in [3.05, 3.63) is 30.1 Å². The summed E-state index contributed by atoms with van der Waals surface area (Å²) in [5.74, 6) is 2.78. The summed E-state index contributed by atoms with van der Waals surface area (Å²) in [6.45, 7) is 5.71.